The van der Waals surface area contributed by atoms with Crippen molar-refractivity contribution < 1.29 is 0 Å². The second-order valence-corrected chi connectivity index (χ2v) is 5.99. The van der Waals surface area contributed by atoms with E-state index in [0.29, 0.717) is 6.54 Å². The highest BCUT2D eigenvalue weighted by molar-refractivity contribution is 5.72. The normalized spacial score (nSPS) is 10.7. The highest BCUT2D eigenvalue weighted by atomic mass is 14.5. The molecule has 0 heterocycles. The molecule has 0 amide bonds. The van der Waals surface area contributed by atoms with Crippen molar-refractivity contribution in [3.8, 4) is 11.1 Å². The molecule has 0 aliphatic carbocycles. The summed E-state index contributed by atoms with van der Waals surface area (Å²) in [5.74, 6) is 0. The molecule has 0 bridgehead atoms. The van der Waals surface area contributed by atoms with E-state index in [2.05, 4.69) is 62.9 Å². The van der Waals surface area contributed by atoms with E-state index in [1.807, 2.05) is 0 Å². The van der Waals surface area contributed by atoms with Gasteiger partial charge in [-0.1, -0.05) is 68.8 Å². The van der Waals surface area contributed by atoms with Gasteiger partial charge in [0.2, 0.25) is 0 Å². The van der Waals surface area contributed by atoms with Crippen molar-refractivity contribution in [3.63, 3.8) is 0 Å². The molecule has 2 aromatic rings. The fraction of sp³-hybridized carbons (Fsp3) is 0.333. The van der Waals surface area contributed by atoms with E-state index >= 15 is 0 Å². The molecule has 0 radical (unpaired) electrons. The summed E-state index contributed by atoms with van der Waals surface area (Å²) in [5.41, 5.74) is 13.1. The largest absolute Gasteiger partial charge is 0.326 e. The molecule has 0 atom stereocenters. The Morgan fingerprint density at radius 3 is 2.36 bits per heavy atom. The minimum Gasteiger partial charge on any atom is -0.326 e. The van der Waals surface area contributed by atoms with Crippen LogP contribution in [0.2, 0.25) is 0 Å². The molecule has 2 rings (SSSR count). The summed E-state index contributed by atoms with van der Waals surface area (Å²) in [6.07, 6.45) is 5.06. The molecule has 0 saturated carbocycles. The van der Waals surface area contributed by atoms with E-state index < -0.39 is 0 Å². The number of hydrogen-bond acceptors (Lipinski definition) is 1. The van der Waals surface area contributed by atoms with E-state index in [-0.39, 0.29) is 0 Å². The van der Waals surface area contributed by atoms with Crippen LogP contribution in [0.3, 0.4) is 0 Å². The van der Waals surface area contributed by atoms with Crippen LogP contribution in [-0.4, -0.2) is 6.54 Å². The van der Waals surface area contributed by atoms with Crippen molar-refractivity contribution in [2.45, 2.75) is 39.5 Å². The van der Waals surface area contributed by atoms with Crippen LogP contribution in [-0.2, 0) is 6.42 Å². The third-order valence-corrected chi connectivity index (χ3v) is 4.21. The van der Waals surface area contributed by atoms with Crippen LogP contribution in [0.1, 0.15) is 42.9 Å². The van der Waals surface area contributed by atoms with Crippen molar-refractivity contribution in [1.82, 2.24) is 0 Å². The van der Waals surface area contributed by atoms with Crippen LogP contribution >= 0.6 is 0 Å². The molecule has 1 nitrogen and oxygen atoms in total. The van der Waals surface area contributed by atoms with Crippen molar-refractivity contribution >= 4 is 5.57 Å². The van der Waals surface area contributed by atoms with E-state index in [1.54, 1.807) is 0 Å². The Bertz CT molecular complexity index is 623. The van der Waals surface area contributed by atoms with Gasteiger partial charge in [-0.15, -0.1) is 0 Å². The zero-order valence-corrected chi connectivity index (χ0v) is 13.9. The molecule has 0 fully saturated rings. The van der Waals surface area contributed by atoms with Crippen molar-refractivity contribution in [2.75, 3.05) is 6.54 Å². The van der Waals surface area contributed by atoms with Crippen molar-refractivity contribution in [2.24, 2.45) is 5.73 Å². The number of benzene rings is 2. The summed E-state index contributed by atoms with van der Waals surface area (Å²) in [7, 11) is 0. The van der Waals surface area contributed by atoms with Gasteiger partial charge >= 0.3 is 0 Å². The Morgan fingerprint density at radius 1 is 1.05 bits per heavy atom. The standard InChI is InChI=1S/C21H27N/c1-4-5-6-7-18-8-13-21(16(2)14-18)20-11-9-19(10-12-20)17(3)15-22/h8-14H,3-7,15,22H2,1-2H3. The number of aryl methyl sites for hydroxylation is 2. The third kappa shape index (κ3) is 4.08. The van der Waals surface area contributed by atoms with Gasteiger partial charge in [0.1, 0.15) is 0 Å². The van der Waals surface area contributed by atoms with Crippen LogP contribution in [0.15, 0.2) is 49.0 Å². The highest BCUT2D eigenvalue weighted by Crippen LogP contribution is 2.26. The number of hydrogen-bond donors (Lipinski definition) is 1. The van der Waals surface area contributed by atoms with E-state index in [4.69, 9.17) is 5.73 Å². The van der Waals surface area contributed by atoms with Crippen molar-refractivity contribution in [3.05, 3.63) is 65.7 Å². The average Bonchev–Trinajstić information content (AvgIpc) is 2.55. The molecule has 0 aliphatic heterocycles. The van der Waals surface area contributed by atoms with Gasteiger partial charge in [0.05, 0.1) is 0 Å². The van der Waals surface area contributed by atoms with Crippen LogP contribution < -0.4 is 5.73 Å². The Hall–Kier alpha value is -1.86. The minimum atomic E-state index is 0.505. The Balaban J connectivity index is 2.16. The van der Waals surface area contributed by atoms with E-state index in [9.17, 15) is 0 Å². The van der Waals surface area contributed by atoms with E-state index in [0.717, 1.165) is 11.1 Å². The van der Waals surface area contributed by atoms with E-state index in [1.165, 1.54) is 47.9 Å². The molecule has 22 heavy (non-hydrogen) atoms. The lowest BCUT2D eigenvalue weighted by Crippen LogP contribution is -2.00. The second kappa shape index (κ2) is 7.95. The van der Waals surface area contributed by atoms with Gasteiger partial charge in [-0.2, -0.15) is 0 Å². The SMILES string of the molecule is C=C(CN)c1ccc(-c2ccc(CCCCC)cc2C)cc1. The van der Waals surface area contributed by atoms with Gasteiger partial charge in [-0.25, -0.2) is 0 Å². The molecular weight excluding hydrogens is 266 g/mol. The minimum absolute atomic E-state index is 0.505. The first-order valence-electron chi connectivity index (χ1n) is 8.24. The van der Waals surface area contributed by atoms with Gasteiger partial charge < -0.3 is 5.73 Å². The maximum atomic E-state index is 5.64. The van der Waals surface area contributed by atoms with Gasteiger partial charge in [-0.05, 0) is 53.2 Å². The lowest BCUT2D eigenvalue weighted by atomic mass is 9.95. The van der Waals surface area contributed by atoms with Crippen molar-refractivity contribution in [1.29, 1.82) is 0 Å². The molecule has 2 aromatic carbocycles. The molecule has 0 spiro atoms. The average molecular weight is 293 g/mol. The lowest BCUT2D eigenvalue weighted by Gasteiger charge is -2.10. The van der Waals surface area contributed by atoms with Crippen LogP contribution in [0, 0.1) is 6.92 Å². The summed E-state index contributed by atoms with van der Waals surface area (Å²) in [6.45, 7) is 8.94. The monoisotopic (exact) mass is 293 g/mol. The number of unbranched alkanes of at least 4 members (excludes halogenated alkanes) is 2. The molecular formula is C21H27N. The molecule has 0 aliphatic rings. The number of rotatable bonds is 7. The molecule has 116 valence electrons. The zero-order valence-electron chi connectivity index (χ0n) is 13.9. The summed E-state index contributed by atoms with van der Waals surface area (Å²) >= 11 is 0. The fourth-order valence-electron chi connectivity index (χ4n) is 2.79. The van der Waals surface area contributed by atoms with Gasteiger partial charge in [0, 0.05) is 6.54 Å². The first kappa shape index (κ1) is 16.5. The topological polar surface area (TPSA) is 26.0 Å². The van der Waals surface area contributed by atoms with Crippen LogP contribution in [0.25, 0.3) is 16.7 Å². The Kier molecular flexibility index (Phi) is 5.97. The van der Waals surface area contributed by atoms with Crippen LogP contribution in [0.4, 0.5) is 0 Å². The summed E-state index contributed by atoms with van der Waals surface area (Å²) in [6, 6.07) is 15.4. The summed E-state index contributed by atoms with van der Waals surface area (Å²) in [5, 5.41) is 0. The first-order chi connectivity index (χ1) is 10.7. The molecule has 0 unspecified atom stereocenters. The quantitative estimate of drug-likeness (QED) is 0.683. The maximum Gasteiger partial charge on any atom is 0.0178 e. The molecule has 0 saturated heterocycles. The Morgan fingerprint density at radius 2 is 1.77 bits per heavy atom. The van der Waals surface area contributed by atoms with Gasteiger partial charge in [0.25, 0.3) is 0 Å². The summed E-state index contributed by atoms with van der Waals surface area (Å²) < 4.78 is 0. The fourth-order valence-corrected chi connectivity index (χ4v) is 2.79. The third-order valence-electron chi connectivity index (χ3n) is 4.21. The summed E-state index contributed by atoms with van der Waals surface area (Å²) in [4.78, 5) is 0. The highest BCUT2D eigenvalue weighted by Gasteiger charge is 2.04. The predicted molar refractivity (Wildman–Crippen MR) is 97.9 cm³/mol. The molecule has 1 heteroatoms. The maximum absolute atomic E-state index is 5.64. The van der Waals surface area contributed by atoms with Gasteiger partial charge in [0.15, 0.2) is 0 Å². The second-order valence-electron chi connectivity index (χ2n) is 5.99. The molecule has 0 aromatic heterocycles. The Labute approximate surface area is 134 Å². The van der Waals surface area contributed by atoms with Gasteiger partial charge in [-0.3, -0.25) is 0 Å². The lowest BCUT2D eigenvalue weighted by molar-refractivity contribution is 0.717. The first-order valence-corrected chi connectivity index (χ1v) is 8.24. The van der Waals surface area contributed by atoms with Crippen LogP contribution in [0.5, 0.6) is 0 Å². The molecule has 2 N–H and O–H groups in total. The smallest absolute Gasteiger partial charge is 0.0178 e. The zero-order chi connectivity index (χ0) is 15.9. The predicted octanol–water partition coefficient (Wildman–Crippen LogP) is 5.37. The number of nitrogens with two attached hydrogens (primary N) is 1.